The molecule has 1 aromatic rings. The van der Waals surface area contributed by atoms with Crippen LogP contribution in [0.3, 0.4) is 0 Å². The lowest BCUT2D eigenvalue weighted by Gasteiger charge is -2.32. The Bertz CT molecular complexity index is 697. The van der Waals surface area contributed by atoms with Crippen molar-refractivity contribution in [2.24, 2.45) is 0 Å². The van der Waals surface area contributed by atoms with E-state index in [0.29, 0.717) is 23.8 Å². The van der Waals surface area contributed by atoms with Crippen molar-refractivity contribution < 1.29 is 14.3 Å². The molecule has 0 unspecified atom stereocenters. The zero-order chi connectivity index (χ0) is 18.9. The lowest BCUT2D eigenvalue weighted by Crippen LogP contribution is -2.43. The molecule has 2 N–H and O–H groups in total. The van der Waals surface area contributed by atoms with Gasteiger partial charge in [0.2, 0.25) is 5.91 Å². The van der Waals surface area contributed by atoms with E-state index in [1.807, 2.05) is 24.3 Å². The predicted octanol–water partition coefficient (Wildman–Crippen LogP) is 2.64. The predicted molar refractivity (Wildman–Crippen MR) is 102 cm³/mol. The van der Waals surface area contributed by atoms with E-state index in [1.54, 1.807) is 12.0 Å². The van der Waals surface area contributed by atoms with Crippen LogP contribution >= 0.6 is 0 Å². The number of benzene rings is 1. The first-order valence-corrected chi connectivity index (χ1v) is 8.96. The molecule has 0 aliphatic carbocycles. The summed E-state index contributed by atoms with van der Waals surface area (Å²) in [7, 11) is 1.57. The van der Waals surface area contributed by atoms with Crippen LogP contribution in [0.2, 0.25) is 0 Å². The van der Waals surface area contributed by atoms with Gasteiger partial charge >= 0.3 is 0 Å². The van der Waals surface area contributed by atoms with Crippen LogP contribution in [0.25, 0.3) is 5.70 Å². The molecule has 1 aliphatic rings. The average molecular weight is 357 g/mol. The van der Waals surface area contributed by atoms with Gasteiger partial charge < -0.3 is 20.3 Å². The molecule has 1 aliphatic heterocycles. The fraction of sp³-hybridized carbons (Fsp3) is 0.400. The summed E-state index contributed by atoms with van der Waals surface area (Å²) < 4.78 is 5.40. The summed E-state index contributed by atoms with van der Waals surface area (Å²) >= 11 is 0. The van der Waals surface area contributed by atoms with Crippen LogP contribution in [0.15, 0.2) is 42.7 Å². The Labute approximate surface area is 154 Å². The Morgan fingerprint density at radius 3 is 2.77 bits per heavy atom. The van der Waals surface area contributed by atoms with Crippen LogP contribution in [-0.4, -0.2) is 36.9 Å². The molecular formula is C20H27N3O3. The van der Waals surface area contributed by atoms with Crippen LogP contribution in [0.4, 0.5) is 0 Å². The van der Waals surface area contributed by atoms with E-state index in [1.165, 1.54) is 12.5 Å². The van der Waals surface area contributed by atoms with Gasteiger partial charge in [-0.1, -0.05) is 44.9 Å². The zero-order valence-corrected chi connectivity index (χ0v) is 15.5. The standard InChI is InChI=1S/C20H27N3O3/c1-4-5-6-9-12-21-20(25)14-23-15(2)22-19(24)13-17(23)16-10-7-8-11-18(16)26-3/h7-8,10-11,13H,2,4-6,9,12,14H2,1,3H3,(H,21,25)(H,22,24). The Morgan fingerprint density at radius 2 is 2.04 bits per heavy atom. The molecule has 0 fully saturated rings. The first-order chi connectivity index (χ1) is 12.6. The van der Waals surface area contributed by atoms with Crippen molar-refractivity contribution in [1.29, 1.82) is 0 Å². The van der Waals surface area contributed by atoms with Gasteiger partial charge in [0.15, 0.2) is 0 Å². The second kappa shape index (κ2) is 9.65. The number of nitrogens with zero attached hydrogens (tertiary/aromatic N) is 1. The van der Waals surface area contributed by atoms with E-state index in [-0.39, 0.29) is 18.4 Å². The van der Waals surface area contributed by atoms with Gasteiger partial charge in [-0.15, -0.1) is 0 Å². The van der Waals surface area contributed by atoms with Crippen molar-refractivity contribution in [3.63, 3.8) is 0 Å². The summed E-state index contributed by atoms with van der Waals surface area (Å²) in [6, 6.07) is 7.39. The van der Waals surface area contributed by atoms with Crippen molar-refractivity contribution in [3.05, 3.63) is 48.3 Å². The summed E-state index contributed by atoms with van der Waals surface area (Å²) in [4.78, 5) is 26.0. The maximum absolute atomic E-state index is 12.3. The molecule has 1 aromatic carbocycles. The fourth-order valence-corrected chi connectivity index (χ4v) is 2.83. The van der Waals surface area contributed by atoms with E-state index in [4.69, 9.17) is 4.74 Å². The van der Waals surface area contributed by atoms with E-state index in [0.717, 1.165) is 24.8 Å². The third-order valence-electron chi connectivity index (χ3n) is 4.19. The smallest absolute Gasteiger partial charge is 0.251 e. The summed E-state index contributed by atoms with van der Waals surface area (Å²) in [5, 5.41) is 5.58. The van der Waals surface area contributed by atoms with Crippen molar-refractivity contribution in [2.75, 3.05) is 20.2 Å². The topological polar surface area (TPSA) is 70.7 Å². The molecule has 0 aromatic heterocycles. The highest BCUT2D eigenvalue weighted by atomic mass is 16.5. The van der Waals surface area contributed by atoms with E-state index >= 15 is 0 Å². The molecule has 0 radical (unpaired) electrons. The SMILES string of the molecule is C=C1NC(=O)C=C(c2ccccc2OC)N1CC(=O)NCCCCCC. The van der Waals surface area contributed by atoms with Crippen LogP contribution in [0.1, 0.15) is 38.2 Å². The first-order valence-electron chi connectivity index (χ1n) is 8.96. The summed E-state index contributed by atoms with van der Waals surface area (Å²) in [6.45, 7) is 6.77. The number of amides is 2. The maximum atomic E-state index is 12.3. The molecule has 6 heteroatoms. The average Bonchev–Trinajstić information content (AvgIpc) is 2.63. The molecular weight excluding hydrogens is 330 g/mol. The highest BCUT2D eigenvalue weighted by molar-refractivity contribution is 5.99. The molecule has 0 bridgehead atoms. The summed E-state index contributed by atoms with van der Waals surface area (Å²) in [6.07, 6.45) is 5.86. The third kappa shape index (κ3) is 5.12. The van der Waals surface area contributed by atoms with Crippen LogP contribution in [0, 0.1) is 0 Å². The fourth-order valence-electron chi connectivity index (χ4n) is 2.83. The number of carbonyl (C=O) groups is 2. The number of para-hydroxylation sites is 1. The van der Waals surface area contributed by atoms with Crippen molar-refractivity contribution in [2.45, 2.75) is 32.6 Å². The Hall–Kier alpha value is -2.76. The normalized spacial score (nSPS) is 13.9. The Morgan fingerprint density at radius 1 is 1.27 bits per heavy atom. The number of methoxy groups -OCH3 is 1. The molecule has 0 atom stereocenters. The third-order valence-corrected chi connectivity index (χ3v) is 4.19. The van der Waals surface area contributed by atoms with Gasteiger partial charge in [0, 0.05) is 18.2 Å². The molecule has 0 saturated carbocycles. The quantitative estimate of drug-likeness (QED) is 0.667. The van der Waals surface area contributed by atoms with Crippen LogP contribution < -0.4 is 15.4 Å². The zero-order valence-electron chi connectivity index (χ0n) is 15.5. The molecule has 6 nitrogen and oxygen atoms in total. The van der Waals surface area contributed by atoms with E-state index in [9.17, 15) is 9.59 Å². The largest absolute Gasteiger partial charge is 0.496 e. The van der Waals surface area contributed by atoms with Crippen molar-refractivity contribution >= 4 is 17.5 Å². The molecule has 0 spiro atoms. The maximum Gasteiger partial charge on any atom is 0.251 e. The number of rotatable bonds is 9. The number of ether oxygens (including phenoxy) is 1. The van der Waals surface area contributed by atoms with Gasteiger partial charge in [0.25, 0.3) is 5.91 Å². The lowest BCUT2D eigenvalue weighted by molar-refractivity contribution is -0.122. The molecule has 1 heterocycles. The second-order valence-electron chi connectivity index (χ2n) is 6.16. The van der Waals surface area contributed by atoms with Crippen molar-refractivity contribution in [1.82, 2.24) is 15.5 Å². The minimum atomic E-state index is -0.271. The molecule has 140 valence electrons. The Balaban J connectivity index is 2.11. The van der Waals surface area contributed by atoms with Gasteiger partial charge in [-0.2, -0.15) is 0 Å². The number of hydrogen-bond donors (Lipinski definition) is 2. The molecule has 2 rings (SSSR count). The van der Waals surface area contributed by atoms with Crippen LogP contribution in [-0.2, 0) is 9.59 Å². The number of hydrogen-bond acceptors (Lipinski definition) is 4. The number of carbonyl (C=O) groups excluding carboxylic acids is 2. The number of unbranched alkanes of at least 4 members (excludes halogenated alkanes) is 3. The minimum absolute atomic E-state index is 0.0801. The minimum Gasteiger partial charge on any atom is -0.496 e. The summed E-state index contributed by atoms with van der Waals surface area (Å²) in [5.41, 5.74) is 1.33. The van der Waals surface area contributed by atoms with E-state index in [2.05, 4.69) is 24.1 Å². The molecule has 0 saturated heterocycles. The highest BCUT2D eigenvalue weighted by Gasteiger charge is 2.26. The number of nitrogens with one attached hydrogen (secondary N) is 2. The van der Waals surface area contributed by atoms with Crippen molar-refractivity contribution in [3.8, 4) is 5.75 Å². The monoisotopic (exact) mass is 357 g/mol. The summed E-state index contributed by atoms with van der Waals surface area (Å²) in [5.74, 6) is 0.623. The van der Waals surface area contributed by atoms with Gasteiger partial charge in [0.05, 0.1) is 12.8 Å². The lowest BCUT2D eigenvalue weighted by atomic mass is 10.1. The van der Waals surface area contributed by atoms with E-state index < -0.39 is 0 Å². The van der Waals surface area contributed by atoms with Crippen LogP contribution in [0.5, 0.6) is 5.75 Å². The van der Waals surface area contributed by atoms with Gasteiger partial charge in [-0.05, 0) is 18.6 Å². The Kier molecular flexibility index (Phi) is 7.26. The first kappa shape index (κ1) is 19.6. The second-order valence-corrected chi connectivity index (χ2v) is 6.16. The van der Waals surface area contributed by atoms with Gasteiger partial charge in [0.1, 0.15) is 18.1 Å². The highest BCUT2D eigenvalue weighted by Crippen LogP contribution is 2.31. The van der Waals surface area contributed by atoms with Gasteiger partial charge in [-0.3, -0.25) is 9.59 Å². The van der Waals surface area contributed by atoms with Gasteiger partial charge in [-0.25, -0.2) is 0 Å². The molecule has 2 amide bonds. The molecule has 26 heavy (non-hydrogen) atoms.